The molecule has 0 radical (unpaired) electrons. The van der Waals surface area contributed by atoms with Crippen LogP contribution in [0.5, 0.6) is 11.5 Å². The minimum absolute atomic E-state index is 0.161. The first-order chi connectivity index (χ1) is 9.15. The first kappa shape index (κ1) is 13.1. The van der Waals surface area contributed by atoms with Gasteiger partial charge in [0.15, 0.2) is 11.5 Å². The van der Waals surface area contributed by atoms with E-state index in [0.717, 1.165) is 5.56 Å². The highest BCUT2D eigenvalue weighted by atomic mass is 32.1. The van der Waals surface area contributed by atoms with Crippen molar-refractivity contribution in [3.63, 3.8) is 0 Å². The van der Waals surface area contributed by atoms with E-state index in [9.17, 15) is 9.90 Å². The van der Waals surface area contributed by atoms with Crippen LogP contribution in [-0.2, 0) is 6.42 Å². The summed E-state index contributed by atoms with van der Waals surface area (Å²) in [5, 5.41) is 31.4. The Morgan fingerprint density at radius 3 is 2.84 bits per heavy atom. The number of nitrogens with zero attached hydrogens (tertiary/aromatic N) is 2. The molecule has 0 saturated heterocycles. The standard InChI is InChI=1S/C11H12N4O3S/c16-8-2-1-7(5-9(8)17)3-4-12-10(18)14-11-15-13-6-19-11/h1-2,5-6,16-17H,3-4H2,(H2,12,14,15,18). The van der Waals surface area contributed by atoms with Gasteiger partial charge in [0.25, 0.3) is 0 Å². The summed E-state index contributed by atoms with van der Waals surface area (Å²) in [6, 6.07) is 4.19. The molecule has 0 aliphatic rings. The van der Waals surface area contributed by atoms with Gasteiger partial charge in [-0.1, -0.05) is 17.4 Å². The lowest BCUT2D eigenvalue weighted by Gasteiger charge is -2.06. The van der Waals surface area contributed by atoms with Crippen molar-refractivity contribution >= 4 is 22.5 Å². The molecule has 0 unspecified atom stereocenters. The Balaban J connectivity index is 1.76. The maximum atomic E-state index is 11.4. The van der Waals surface area contributed by atoms with E-state index >= 15 is 0 Å². The Morgan fingerprint density at radius 2 is 2.16 bits per heavy atom. The van der Waals surface area contributed by atoms with Crippen LogP contribution < -0.4 is 10.6 Å². The Bertz CT molecular complexity index is 559. The average molecular weight is 280 g/mol. The molecular formula is C11H12N4O3S. The molecule has 7 nitrogen and oxygen atoms in total. The van der Waals surface area contributed by atoms with E-state index in [2.05, 4.69) is 20.8 Å². The van der Waals surface area contributed by atoms with Crippen LogP contribution in [0.25, 0.3) is 0 Å². The number of anilines is 1. The lowest BCUT2D eigenvalue weighted by atomic mass is 10.1. The van der Waals surface area contributed by atoms with Gasteiger partial charge in [0.05, 0.1) is 0 Å². The van der Waals surface area contributed by atoms with Crippen LogP contribution in [0.1, 0.15) is 5.56 Å². The highest BCUT2D eigenvalue weighted by molar-refractivity contribution is 7.13. The number of hydrogen-bond donors (Lipinski definition) is 4. The second kappa shape index (κ2) is 6.01. The normalized spacial score (nSPS) is 10.1. The number of phenols is 2. The van der Waals surface area contributed by atoms with Crippen LogP contribution in [0.2, 0.25) is 0 Å². The number of urea groups is 1. The largest absolute Gasteiger partial charge is 0.504 e. The van der Waals surface area contributed by atoms with Crippen molar-refractivity contribution in [1.82, 2.24) is 15.5 Å². The number of carbonyl (C=O) groups is 1. The summed E-state index contributed by atoms with van der Waals surface area (Å²) < 4.78 is 0. The number of aromatic hydroxyl groups is 2. The fourth-order valence-corrected chi connectivity index (χ4v) is 1.85. The third-order valence-corrected chi connectivity index (χ3v) is 2.93. The van der Waals surface area contributed by atoms with Gasteiger partial charge in [-0.15, -0.1) is 10.2 Å². The number of nitrogens with one attached hydrogen (secondary N) is 2. The monoisotopic (exact) mass is 280 g/mol. The van der Waals surface area contributed by atoms with Crippen molar-refractivity contribution < 1.29 is 15.0 Å². The fourth-order valence-electron chi connectivity index (χ4n) is 1.41. The molecule has 2 amide bonds. The van der Waals surface area contributed by atoms with E-state index in [4.69, 9.17) is 5.11 Å². The fraction of sp³-hybridized carbons (Fsp3) is 0.182. The van der Waals surface area contributed by atoms with E-state index in [1.807, 2.05) is 0 Å². The molecule has 0 aliphatic carbocycles. The van der Waals surface area contributed by atoms with E-state index in [0.29, 0.717) is 18.1 Å². The van der Waals surface area contributed by atoms with Crippen LogP contribution in [0.15, 0.2) is 23.7 Å². The first-order valence-corrected chi connectivity index (χ1v) is 6.35. The molecule has 19 heavy (non-hydrogen) atoms. The van der Waals surface area contributed by atoms with Crippen molar-refractivity contribution in [1.29, 1.82) is 0 Å². The molecule has 2 aromatic rings. The number of phenolic OH excluding ortho intramolecular Hbond substituents is 2. The van der Waals surface area contributed by atoms with Crippen LogP contribution in [0.3, 0.4) is 0 Å². The summed E-state index contributed by atoms with van der Waals surface area (Å²) >= 11 is 1.23. The molecule has 0 fully saturated rings. The molecule has 0 spiro atoms. The lowest BCUT2D eigenvalue weighted by molar-refractivity contribution is 0.252. The molecular weight excluding hydrogens is 268 g/mol. The summed E-state index contributed by atoms with van der Waals surface area (Å²) in [4.78, 5) is 11.4. The second-order valence-corrected chi connectivity index (χ2v) is 4.53. The smallest absolute Gasteiger partial charge is 0.321 e. The summed E-state index contributed by atoms with van der Waals surface area (Å²) in [6.45, 7) is 0.398. The van der Waals surface area contributed by atoms with Crippen molar-refractivity contribution in [3.8, 4) is 11.5 Å². The predicted octanol–water partition coefficient (Wildman–Crippen LogP) is 1.31. The topological polar surface area (TPSA) is 107 Å². The Hall–Kier alpha value is -2.35. The summed E-state index contributed by atoms with van der Waals surface area (Å²) in [6.07, 6.45) is 0.539. The molecule has 0 saturated carbocycles. The number of carbonyl (C=O) groups excluding carboxylic acids is 1. The SMILES string of the molecule is O=C(NCCc1ccc(O)c(O)c1)Nc1nncs1. The third-order valence-electron chi connectivity index (χ3n) is 2.32. The Morgan fingerprint density at radius 1 is 1.32 bits per heavy atom. The van der Waals surface area contributed by atoms with Gasteiger partial charge in [-0.3, -0.25) is 5.32 Å². The zero-order valence-corrected chi connectivity index (χ0v) is 10.6. The molecule has 1 aromatic carbocycles. The zero-order valence-electron chi connectivity index (χ0n) is 9.83. The summed E-state index contributed by atoms with van der Waals surface area (Å²) in [5.41, 5.74) is 2.33. The number of aromatic nitrogens is 2. The third kappa shape index (κ3) is 3.81. The van der Waals surface area contributed by atoms with Crippen LogP contribution >= 0.6 is 11.3 Å². The van der Waals surface area contributed by atoms with Crippen molar-refractivity contribution in [3.05, 3.63) is 29.3 Å². The second-order valence-electron chi connectivity index (χ2n) is 3.70. The molecule has 4 N–H and O–H groups in total. The van der Waals surface area contributed by atoms with Crippen molar-refractivity contribution in [2.75, 3.05) is 11.9 Å². The lowest BCUT2D eigenvalue weighted by Crippen LogP contribution is -2.30. The van der Waals surface area contributed by atoms with Crippen LogP contribution in [0.4, 0.5) is 9.93 Å². The van der Waals surface area contributed by atoms with Gasteiger partial charge in [0, 0.05) is 6.54 Å². The zero-order chi connectivity index (χ0) is 13.7. The molecule has 0 aliphatic heterocycles. The molecule has 100 valence electrons. The van der Waals surface area contributed by atoms with Crippen LogP contribution in [0, 0.1) is 0 Å². The minimum Gasteiger partial charge on any atom is -0.504 e. The predicted molar refractivity (Wildman–Crippen MR) is 70.4 cm³/mol. The maximum absolute atomic E-state index is 11.4. The average Bonchev–Trinajstić information content (AvgIpc) is 2.86. The quantitative estimate of drug-likeness (QED) is 0.632. The number of benzene rings is 1. The Kier molecular flexibility index (Phi) is 4.14. The van der Waals surface area contributed by atoms with E-state index in [-0.39, 0.29) is 17.5 Å². The van der Waals surface area contributed by atoms with E-state index < -0.39 is 0 Å². The minimum atomic E-state index is -0.361. The summed E-state index contributed by atoms with van der Waals surface area (Å²) in [5.74, 6) is -0.332. The van der Waals surface area contributed by atoms with Gasteiger partial charge in [-0.05, 0) is 24.1 Å². The number of amides is 2. The first-order valence-electron chi connectivity index (χ1n) is 5.47. The van der Waals surface area contributed by atoms with Gasteiger partial charge in [-0.25, -0.2) is 4.79 Å². The molecule has 0 bridgehead atoms. The van der Waals surface area contributed by atoms with Crippen molar-refractivity contribution in [2.24, 2.45) is 0 Å². The highest BCUT2D eigenvalue weighted by Gasteiger charge is 2.04. The van der Waals surface area contributed by atoms with Gasteiger partial charge in [0.1, 0.15) is 5.51 Å². The molecule has 1 heterocycles. The highest BCUT2D eigenvalue weighted by Crippen LogP contribution is 2.24. The van der Waals surface area contributed by atoms with Gasteiger partial charge in [-0.2, -0.15) is 0 Å². The van der Waals surface area contributed by atoms with Gasteiger partial charge < -0.3 is 15.5 Å². The number of rotatable bonds is 4. The van der Waals surface area contributed by atoms with Crippen molar-refractivity contribution in [2.45, 2.75) is 6.42 Å². The number of hydrogen-bond acceptors (Lipinski definition) is 6. The summed E-state index contributed by atoms with van der Waals surface area (Å²) in [7, 11) is 0. The maximum Gasteiger partial charge on any atom is 0.321 e. The molecule has 0 atom stereocenters. The van der Waals surface area contributed by atoms with E-state index in [1.54, 1.807) is 6.07 Å². The molecule has 2 rings (SSSR count). The van der Waals surface area contributed by atoms with Gasteiger partial charge >= 0.3 is 6.03 Å². The molecule has 8 heteroatoms. The van der Waals surface area contributed by atoms with E-state index in [1.165, 1.54) is 29.0 Å². The Labute approximate surface area is 112 Å². The van der Waals surface area contributed by atoms with Gasteiger partial charge in [0.2, 0.25) is 5.13 Å². The molecule has 1 aromatic heterocycles. The van der Waals surface area contributed by atoms with Crippen LogP contribution in [-0.4, -0.2) is 33.0 Å².